The molecule has 7 rings (SSSR count). The number of para-hydroxylation sites is 3. The number of pyridine rings is 1. The molecule has 0 aliphatic rings. The van der Waals surface area contributed by atoms with E-state index in [2.05, 4.69) is 94.7 Å². The maximum absolute atomic E-state index is 15.2. The first kappa shape index (κ1) is 29.0. The van der Waals surface area contributed by atoms with Gasteiger partial charge in [0, 0.05) is 39.0 Å². The Morgan fingerprint density at radius 3 is 1.13 bits per heavy atom. The van der Waals surface area contributed by atoms with E-state index in [1.807, 2.05) is 109 Å². The molecule has 0 unspecified atom stereocenters. The highest BCUT2D eigenvalue weighted by molar-refractivity contribution is 7.85. The monoisotopic (exact) mass is 613 g/mol. The van der Waals surface area contributed by atoms with Gasteiger partial charge in [0.15, 0.2) is 7.14 Å². The first-order valence-corrected chi connectivity index (χ1v) is 17.0. The maximum Gasteiger partial charge on any atom is 0.188 e. The first-order valence-electron chi connectivity index (χ1n) is 15.3. The molecule has 0 aliphatic heterocycles. The van der Waals surface area contributed by atoms with Gasteiger partial charge in [0.05, 0.1) is 0 Å². The molecule has 1 aromatic heterocycles. The summed E-state index contributed by atoms with van der Waals surface area (Å²) in [7, 11) is -3.26. The summed E-state index contributed by atoms with van der Waals surface area (Å²) in [5.41, 5.74) is 5.63. The van der Waals surface area contributed by atoms with Gasteiger partial charge < -0.3 is 9.46 Å². The third-order valence-electron chi connectivity index (χ3n) is 7.92. The van der Waals surface area contributed by atoms with Crippen molar-refractivity contribution >= 4 is 57.4 Å². The fraction of sp³-hybridized carbons (Fsp3) is 0. The third-order valence-corrected chi connectivity index (χ3v) is 10.9. The molecule has 0 N–H and O–H groups in total. The van der Waals surface area contributed by atoms with E-state index in [-0.39, 0.29) is 0 Å². The van der Waals surface area contributed by atoms with Crippen LogP contribution in [0, 0.1) is 0 Å². The zero-order valence-corrected chi connectivity index (χ0v) is 26.1. The summed E-state index contributed by atoms with van der Waals surface area (Å²) in [5, 5.41) is 1.51. The van der Waals surface area contributed by atoms with E-state index in [0.717, 1.165) is 39.0 Å². The van der Waals surface area contributed by atoms with Crippen molar-refractivity contribution in [2.45, 2.75) is 0 Å². The lowest BCUT2D eigenvalue weighted by Gasteiger charge is -2.28. The lowest BCUT2D eigenvalue weighted by molar-refractivity contribution is 0.592. The number of nitrogens with zero attached hydrogens (tertiary/aromatic N) is 3. The van der Waals surface area contributed by atoms with Crippen molar-refractivity contribution in [3.8, 4) is 0 Å². The standard InChI is InChI=1S/C41H32N3OP/c45-46(38-23-12-4-13-24-38,39-25-14-5-15-26-39)41-28-16-27-40(42-41)44(35-21-10-3-11-22-35)37-31-29-36(30-32-37)43(33-17-6-1-7-18-33)34-19-8-2-9-20-34/h1-32H. The number of aromatic nitrogens is 1. The van der Waals surface area contributed by atoms with Gasteiger partial charge in [-0.15, -0.1) is 0 Å². The first-order chi connectivity index (χ1) is 22.7. The topological polar surface area (TPSA) is 36.4 Å². The molecule has 0 fully saturated rings. The van der Waals surface area contributed by atoms with Crippen LogP contribution in [0.25, 0.3) is 0 Å². The lowest BCUT2D eigenvalue weighted by atomic mass is 10.1. The second-order valence-electron chi connectivity index (χ2n) is 10.8. The Hall–Kier alpha value is -5.70. The van der Waals surface area contributed by atoms with Crippen LogP contribution in [0.1, 0.15) is 0 Å². The summed E-state index contributed by atoms with van der Waals surface area (Å²) >= 11 is 0. The summed E-state index contributed by atoms with van der Waals surface area (Å²) < 4.78 is 15.2. The third kappa shape index (κ3) is 5.75. The smallest absolute Gasteiger partial charge is 0.188 e. The van der Waals surface area contributed by atoms with E-state index in [4.69, 9.17) is 4.98 Å². The quantitative estimate of drug-likeness (QED) is 0.152. The van der Waals surface area contributed by atoms with Gasteiger partial charge in [-0.2, -0.15) is 0 Å². The summed E-state index contributed by atoms with van der Waals surface area (Å²) in [5.74, 6) is 0.687. The Morgan fingerprint density at radius 1 is 0.348 bits per heavy atom. The fourth-order valence-corrected chi connectivity index (χ4v) is 8.29. The van der Waals surface area contributed by atoms with Crippen LogP contribution in [0.5, 0.6) is 0 Å². The average molecular weight is 614 g/mol. The van der Waals surface area contributed by atoms with E-state index < -0.39 is 7.14 Å². The Bertz CT molecular complexity index is 1970. The summed E-state index contributed by atoms with van der Waals surface area (Å²) in [6.45, 7) is 0. The average Bonchev–Trinajstić information content (AvgIpc) is 3.14. The predicted molar refractivity (Wildman–Crippen MR) is 193 cm³/mol. The second-order valence-corrected chi connectivity index (χ2v) is 13.5. The number of benzene rings is 6. The molecule has 0 bridgehead atoms. The van der Waals surface area contributed by atoms with Crippen LogP contribution in [0.15, 0.2) is 194 Å². The van der Waals surface area contributed by atoms with Crippen molar-refractivity contribution in [2.24, 2.45) is 0 Å². The van der Waals surface area contributed by atoms with Crippen LogP contribution in [-0.4, -0.2) is 4.98 Å². The summed E-state index contributed by atoms with van der Waals surface area (Å²) in [6, 6.07) is 64.6. The van der Waals surface area contributed by atoms with Crippen molar-refractivity contribution in [2.75, 3.05) is 9.80 Å². The highest BCUT2D eigenvalue weighted by Crippen LogP contribution is 2.43. The van der Waals surface area contributed by atoms with E-state index in [9.17, 15) is 0 Å². The van der Waals surface area contributed by atoms with Gasteiger partial charge in [0.1, 0.15) is 11.3 Å². The molecule has 5 heteroatoms. The van der Waals surface area contributed by atoms with Gasteiger partial charge in [-0.05, 0) is 72.8 Å². The highest BCUT2D eigenvalue weighted by Gasteiger charge is 2.32. The molecule has 0 spiro atoms. The molecular weight excluding hydrogens is 581 g/mol. The minimum absolute atomic E-state index is 0.541. The molecule has 0 atom stereocenters. The molecule has 7 aromatic rings. The van der Waals surface area contributed by atoms with Crippen molar-refractivity contribution in [1.82, 2.24) is 4.98 Å². The van der Waals surface area contributed by atoms with Gasteiger partial charge in [0.25, 0.3) is 0 Å². The minimum atomic E-state index is -3.26. The van der Waals surface area contributed by atoms with Crippen LogP contribution < -0.4 is 25.8 Å². The maximum atomic E-state index is 15.2. The molecule has 46 heavy (non-hydrogen) atoms. The molecule has 222 valence electrons. The minimum Gasteiger partial charge on any atom is -0.311 e. The molecular formula is C41H32N3OP. The van der Waals surface area contributed by atoms with Gasteiger partial charge >= 0.3 is 0 Å². The van der Waals surface area contributed by atoms with Gasteiger partial charge in [-0.25, -0.2) is 4.98 Å². The number of anilines is 6. The van der Waals surface area contributed by atoms with E-state index >= 15 is 4.57 Å². The van der Waals surface area contributed by atoms with Gasteiger partial charge in [-0.3, -0.25) is 4.90 Å². The largest absolute Gasteiger partial charge is 0.311 e. The van der Waals surface area contributed by atoms with Crippen molar-refractivity contribution in [1.29, 1.82) is 0 Å². The van der Waals surface area contributed by atoms with Gasteiger partial charge in [0.2, 0.25) is 0 Å². The molecule has 0 amide bonds. The molecule has 6 aromatic carbocycles. The molecule has 4 nitrogen and oxygen atoms in total. The van der Waals surface area contributed by atoms with Crippen LogP contribution in [0.2, 0.25) is 0 Å². The SMILES string of the molecule is O=P(c1ccccc1)(c1ccccc1)c1cccc(N(c2ccccc2)c2ccc(N(c3ccccc3)c3ccccc3)cc2)n1. The number of hydrogen-bond acceptors (Lipinski definition) is 4. The highest BCUT2D eigenvalue weighted by atomic mass is 31.2. The Labute approximate surface area is 270 Å². The van der Waals surface area contributed by atoms with E-state index in [1.165, 1.54) is 0 Å². The van der Waals surface area contributed by atoms with E-state index in [1.54, 1.807) is 0 Å². The number of rotatable bonds is 9. The zero-order valence-electron chi connectivity index (χ0n) is 25.2. The van der Waals surface area contributed by atoms with Crippen LogP contribution in [0.3, 0.4) is 0 Å². The van der Waals surface area contributed by atoms with Crippen LogP contribution in [-0.2, 0) is 4.57 Å². The Kier molecular flexibility index (Phi) is 8.28. The molecule has 0 aliphatic carbocycles. The molecule has 1 heterocycles. The summed E-state index contributed by atoms with van der Waals surface area (Å²) in [6.07, 6.45) is 0. The summed E-state index contributed by atoms with van der Waals surface area (Å²) in [4.78, 5) is 9.51. The van der Waals surface area contributed by atoms with Crippen LogP contribution in [0.4, 0.5) is 34.3 Å². The Balaban J connectivity index is 1.34. The fourth-order valence-electron chi connectivity index (χ4n) is 5.74. The predicted octanol–water partition coefficient (Wildman–Crippen LogP) is 9.66. The number of hydrogen-bond donors (Lipinski definition) is 0. The van der Waals surface area contributed by atoms with Crippen molar-refractivity contribution in [3.63, 3.8) is 0 Å². The normalized spacial score (nSPS) is 11.1. The molecule has 0 saturated carbocycles. The van der Waals surface area contributed by atoms with Crippen LogP contribution >= 0.6 is 7.14 Å². The molecule has 0 radical (unpaired) electrons. The molecule has 0 saturated heterocycles. The van der Waals surface area contributed by atoms with Crippen molar-refractivity contribution < 1.29 is 4.57 Å². The Morgan fingerprint density at radius 2 is 0.696 bits per heavy atom. The second kappa shape index (κ2) is 13.1. The van der Waals surface area contributed by atoms with Gasteiger partial charge in [-0.1, -0.05) is 121 Å². The zero-order chi connectivity index (χ0) is 31.2. The van der Waals surface area contributed by atoms with E-state index in [0.29, 0.717) is 11.3 Å². The lowest BCUT2D eigenvalue weighted by Crippen LogP contribution is -2.28. The van der Waals surface area contributed by atoms with Crippen molar-refractivity contribution in [3.05, 3.63) is 194 Å².